The number of benzene rings is 2. The molecule has 146 valence electrons. The van der Waals surface area contributed by atoms with E-state index in [4.69, 9.17) is 0 Å². The van der Waals surface area contributed by atoms with E-state index in [1.54, 1.807) is 0 Å². The second kappa shape index (κ2) is 9.22. The van der Waals surface area contributed by atoms with Gasteiger partial charge in [-0.3, -0.25) is 0 Å². The molecule has 0 atom stereocenters. The number of nitrogens with one attached hydrogen (secondary N) is 2. The second-order valence-electron chi connectivity index (χ2n) is 6.84. The predicted molar refractivity (Wildman–Crippen MR) is 119 cm³/mol. The van der Waals surface area contributed by atoms with E-state index in [1.807, 2.05) is 13.0 Å². The third-order valence-electron chi connectivity index (χ3n) is 4.83. The number of aryl methyl sites for hydroxylation is 2. The lowest BCUT2D eigenvalue weighted by Gasteiger charge is -2.21. The summed E-state index contributed by atoms with van der Waals surface area (Å²) in [5, 5.41) is 6.73. The van der Waals surface area contributed by atoms with E-state index >= 15 is 0 Å². The molecule has 3 aromatic rings. The smallest absolute Gasteiger partial charge is 0.229 e. The Labute approximate surface area is 167 Å². The van der Waals surface area contributed by atoms with Gasteiger partial charge in [-0.05, 0) is 63.1 Å². The minimum Gasteiger partial charge on any atom is -0.372 e. The van der Waals surface area contributed by atoms with Gasteiger partial charge in [0.05, 0.1) is 0 Å². The summed E-state index contributed by atoms with van der Waals surface area (Å²) in [6.07, 6.45) is 0. The van der Waals surface area contributed by atoms with Crippen LogP contribution < -0.4 is 15.5 Å². The maximum absolute atomic E-state index is 4.62. The zero-order valence-corrected chi connectivity index (χ0v) is 17.2. The Morgan fingerprint density at radius 1 is 0.893 bits per heavy atom. The highest BCUT2D eigenvalue weighted by atomic mass is 15.1. The van der Waals surface area contributed by atoms with Gasteiger partial charge in [-0.15, -0.1) is 0 Å². The number of rotatable bonds is 8. The Morgan fingerprint density at radius 2 is 1.61 bits per heavy atom. The van der Waals surface area contributed by atoms with E-state index in [9.17, 15) is 0 Å². The van der Waals surface area contributed by atoms with Crippen LogP contribution in [0.1, 0.15) is 30.7 Å². The van der Waals surface area contributed by atoms with Crippen LogP contribution in [0, 0.1) is 13.8 Å². The van der Waals surface area contributed by atoms with Gasteiger partial charge in [0.2, 0.25) is 5.95 Å². The van der Waals surface area contributed by atoms with Crippen LogP contribution in [0.25, 0.3) is 0 Å². The van der Waals surface area contributed by atoms with Crippen LogP contribution in [0.2, 0.25) is 0 Å². The molecule has 0 fully saturated rings. The Bertz CT molecular complexity index is 901. The van der Waals surface area contributed by atoms with Gasteiger partial charge in [0.15, 0.2) is 0 Å². The Balaban J connectivity index is 1.70. The average Bonchev–Trinajstić information content (AvgIpc) is 2.69. The van der Waals surface area contributed by atoms with Crippen molar-refractivity contribution < 1.29 is 0 Å². The Kier molecular flexibility index (Phi) is 6.48. The zero-order valence-electron chi connectivity index (χ0n) is 17.2. The molecule has 2 N–H and O–H groups in total. The number of aromatic nitrogens is 2. The fourth-order valence-corrected chi connectivity index (χ4v) is 3.18. The highest BCUT2D eigenvalue weighted by Crippen LogP contribution is 2.21. The van der Waals surface area contributed by atoms with Crippen LogP contribution in [0.15, 0.2) is 54.6 Å². The van der Waals surface area contributed by atoms with E-state index in [2.05, 4.69) is 94.8 Å². The van der Waals surface area contributed by atoms with Crippen molar-refractivity contribution >= 4 is 23.1 Å². The predicted octanol–water partition coefficient (Wildman–Crippen LogP) is 5.30. The summed E-state index contributed by atoms with van der Waals surface area (Å²) in [5.74, 6) is 1.42. The number of anilines is 4. The van der Waals surface area contributed by atoms with Crippen molar-refractivity contribution in [1.29, 1.82) is 0 Å². The van der Waals surface area contributed by atoms with E-state index in [0.717, 1.165) is 36.8 Å². The van der Waals surface area contributed by atoms with E-state index in [1.165, 1.54) is 16.8 Å². The van der Waals surface area contributed by atoms with E-state index in [0.29, 0.717) is 5.95 Å². The quantitative estimate of drug-likeness (QED) is 0.560. The molecule has 0 unspecified atom stereocenters. The zero-order chi connectivity index (χ0) is 19.9. The lowest BCUT2D eigenvalue weighted by Crippen LogP contribution is -2.21. The fourth-order valence-electron chi connectivity index (χ4n) is 3.18. The van der Waals surface area contributed by atoms with Crippen molar-refractivity contribution in [2.45, 2.75) is 34.2 Å². The first kappa shape index (κ1) is 19.7. The summed E-state index contributed by atoms with van der Waals surface area (Å²) in [4.78, 5) is 11.5. The summed E-state index contributed by atoms with van der Waals surface area (Å²) < 4.78 is 0. The first-order valence-electron chi connectivity index (χ1n) is 9.85. The van der Waals surface area contributed by atoms with E-state index < -0.39 is 0 Å². The summed E-state index contributed by atoms with van der Waals surface area (Å²) in [7, 11) is 0. The molecule has 0 spiro atoms. The number of hydrogen-bond acceptors (Lipinski definition) is 5. The molecule has 5 nitrogen and oxygen atoms in total. The minimum atomic E-state index is 0.600. The first-order chi connectivity index (χ1) is 13.6. The fraction of sp³-hybridized carbons (Fsp3) is 0.304. The Morgan fingerprint density at radius 3 is 2.29 bits per heavy atom. The van der Waals surface area contributed by atoms with Gasteiger partial charge in [0.1, 0.15) is 5.82 Å². The molecule has 0 saturated heterocycles. The molecule has 0 radical (unpaired) electrons. The standard InChI is InChI=1S/C23H29N5/c1-5-28(6-2)21-13-11-20(12-14-21)26-23-25-18(4)15-22(27-23)24-16-19-10-8-7-9-17(19)3/h7-15H,5-6,16H2,1-4H3,(H2,24,25,26,27). The van der Waals surface area contributed by atoms with Crippen LogP contribution in [-0.4, -0.2) is 23.1 Å². The molecule has 0 aliphatic heterocycles. The van der Waals surface area contributed by atoms with Crippen molar-refractivity contribution in [3.8, 4) is 0 Å². The Hall–Kier alpha value is -3.08. The normalized spacial score (nSPS) is 10.6. The van der Waals surface area contributed by atoms with Gasteiger partial charge in [-0.1, -0.05) is 24.3 Å². The molecular weight excluding hydrogens is 346 g/mol. The highest BCUT2D eigenvalue weighted by Gasteiger charge is 2.06. The summed E-state index contributed by atoms with van der Waals surface area (Å²) in [5.41, 5.74) is 5.66. The van der Waals surface area contributed by atoms with Crippen molar-refractivity contribution in [1.82, 2.24) is 9.97 Å². The van der Waals surface area contributed by atoms with Crippen molar-refractivity contribution in [2.75, 3.05) is 28.6 Å². The molecule has 1 aromatic heterocycles. The van der Waals surface area contributed by atoms with Crippen LogP contribution in [0.3, 0.4) is 0 Å². The first-order valence-corrected chi connectivity index (χ1v) is 9.85. The van der Waals surface area contributed by atoms with Gasteiger partial charge in [0, 0.05) is 42.8 Å². The average molecular weight is 376 g/mol. The number of hydrogen-bond donors (Lipinski definition) is 2. The lowest BCUT2D eigenvalue weighted by atomic mass is 10.1. The van der Waals surface area contributed by atoms with Gasteiger partial charge >= 0.3 is 0 Å². The molecule has 0 bridgehead atoms. The highest BCUT2D eigenvalue weighted by molar-refractivity contribution is 5.60. The lowest BCUT2D eigenvalue weighted by molar-refractivity contribution is 0.866. The molecule has 0 aliphatic rings. The third kappa shape index (κ3) is 5.00. The van der Waals surface area contributed by atoms with Crippen molar-refractivity contribution in [2.24, 2.45) is 0 Å². The van der Waals surface area contributed by atoms with Crippen LogP contribution >= 0.6 is 0 Å². The summed E-state index contributed by atoms with van der Waals surface area (Å²) >= 11 is 0. The van der Waals surface area contributed by atoms with Crippen LogP contribution in [0.4, 0.5) is 23.1 Å². The minimum absolute atomic E-state index is 0.600. The van der Waals surface area contributed by atoms with Crippen LogP contribution in [0.5, 0.6) is 0 Å². The van der Waals surface area contributed by atoms with Crippen molar-refractivity contribution in [3.63, 3.8) is 0 Å². The second-order valence-corrected chi connectivity index (χ2v) is 6.84. The SMILES string of the molecule is CCN(CC)c1ccc(Nc2nc(C)cc(NCc3ccccc3C)n2)cc1. The molecule has 3 rings (SSSR count). The number of nitrogens with zero attached hydrogens (tertiary/aromatic N) is 3. The largest absolute Gasteiger partial charge is 0.372 e. The molecule has 0 aliphatic carbocycles. The molecule has 28 heavy (non-hydrogen) atoms. The molecule has 5 heteroatoms. The van der Waals surface area contributed by atoms with E-state index in [-0.39, 0.29) is 0 Å². The third-order valence-corrected chi connectivity index (χ3v) is 4.83. The monoisotopic (exact) mass is 375 g/mol. The van der Waals surface area contributed by atoms with Gasteiger partial charge < -0.3 is 15.5 Å². The molecule has 0 saturated carbocycles. The summed E-state index contributed by atoms with van der Waals surface area (Å²) in [6.45, 7) is 11.2. The van der Waals surface area contributed by atoms with Gasteiger partial charge in [0.25, 0.3) is 0 Å². The van der Waals surface area contributed by atoms with Crippen molar-refractivity contribution in [3.05, 3.63) is 71.4 Å². The topological polar surface area (TPSA) is 53.1 Å². The maximum Gasteiger partial charge on any atom is 0.229 e. The van der Waals surface area contributed by atoms with Gasteiger partial charge in [-0.25, -0.2) is 4.98 Å². The molecule has 0 amide bonds. The molecular formula is C23H29N5. The van der Waals surface area contributed by atoms with Crippen LogP contribution in [-0.2, 0) is 6.54 Å². The molecule has 1 heterocycles. The summed E-state index contributed by atoms with van der Waals surface area (Å²) in [6, 6.07) is 18.7. The van der Waals surface area contributed by atoms with Gasteiger partial charge in [-0.2, -0.15) is 4.98 Å². The maximum atomic E-state index is 4.62. The molecule has 2 aromatic carbocycles.